The predicted molar refractivity (Wildman–Crippen MR) is 58.5 cm³/mol. The first kappa shape index (κ1) is 10.9. The minimum atomic E-state index is -0.852. The molecule has 0 radical (unpaired) electrons. The minimum absolute atomic E-state index is 0.0460. The number of hydrogen-bond acceptors (Lipinski definition) is 2. The normalized spacial score (nSPS) is 11.3. The fraction of sp³-hybridized carbons (Fsp3) is 0.143. The zero-order valence-electron chi connectivity index (χ0n) is 6.21. The molecule has 0 aliphatic carbocycles. The van der Waals surface area contributed by atoms with Crippen LogP contribution in [0.15, 0.2) is 24.3 Å². The zero-order chi connectivity index (χ0) is 10.1. The van der Waals surface area contributed by atoms with Crippen LogP contribution in [-0.2, 0) is 2.69 Å². The maximum Gasteiger partial charge on any atom is 0.269 e. The fourth-order valence-electron chi connectivity index (χ4n) is 0.772. The minimum Gasteiger partial charge on any atom is -0.258 e. The SMILES string of the molecule is O=[N+]([O-])c1ccc(C(Cl)(Br)Br)cc1. The third kappa shape index (κ3) is 2.93. The molecular weight excluding hydrogens is 325 g/mol. The average molecular weight is 329 g/mol. The average Bonchev–Trinajstić information content (AvgIpc) is 2.03. The standard InChI is InChI=1S/C7H4Br2ClNO2/c8-7(9,10)5-1-3-6(4-2-5)11(12)13/h1-4H. The van der Waals surface area contributed by atoms with Crippen LogP contribution in [0.25, 0.3) is 0 Å². The third-order valence-corrected chi connectivity index (χ3v) is 2.54. The first-order valence-electron chi connectivity index (χ1n) is 3.23. The predicted octanol–water partition coefficient (Wildman–Crippen LogP) is 3.73. The molecule has 0 N–H and O–H groups in total. The molecule has 0 spiro atoms. The number of nitro benzene ring substituents is 1. The molecule has 0 bridgehead atoms. The summed E-state index contributed by atoms with van der Waals surface area (Å²) in [5, 5.41) is 10.3. The monoisotopic (exact) mass is 327 g/mol. The van der Waals surface area contributed by atoms with Crippen LogP contribution in [0, 0.1) is 10.1 Å². The van der Waals surface area contributed by atoms with Crippen molar-refractivity contribution < 1.29 is 4.92 Å². The van der Waals surface area contributed by atoms with Crippen molar-refractivity contribution in [3.05, 3.63) is 39.9 Å². The van der Waals surface area contributed by atoms with Crippen molar-refractivity contribution in [3.8, 4) is 0 Å². The molecule has 1 rings (SSSR count). The van der Waals surface area contributed by atoms with E-state index in [1.807, 2.05) is 0 Å². The molecule has 1 aromatic rings. The molecule has 0 saturated carbocycles. The van der Waals surface area contributed by atoms with Gasteiger partial charge in [-0.1, -0.05) is 11.6 Å². The van der Waals surface area contributed by atoms with Gasteiger partial charge >= 0.3 is 0 Å². The number of nitro groups is 1. The first-order valence-corrected chi connectivity index (χ1v) is 5.19. The van der Waals surface area contributed by atoms with E-state index >= 15 is 0 Å². The smallest absolute Gasteiger partial charge is 0.258 e. The summed E-state index contributed by atoms with van der Waals surface area (Å²) in [7, 11) is 0. The summed E-state index contributed by atoms with van der Waals surface area (Å²) in [4.78, 5) is 9.85. The van der Waals surface area contributed by atoms with Gasteiger partial charge in [0.15, 0.2) is 2.69 Å². The van der Waals surface area contributed by atoms with Gasteiger partial charge < -0.3 is 0 Å². The highest BCUT2D eigenvalue weighted by Crippen LogP contribution is 2.42. The van der Waals surface area contributed by atoms with Crippen molar-refractivity contribution in [2.24, 2.45) is 0 Å². The van der Waals surface area contributed by atoms with E-state index in [0.29, 0.717) is 5.56 Å². The second-order valence-electron chi connectivity index (χ2n) is 2.30. The molecule has 0 unspecified atom stereocenters. The number of benzene rings is 1. The Kier molecular flexibility index (Phi) is 3.32. The Labute approximate surface area is 96.5 Å². The van der Waals surface area contributed by atoms with Crippen molar-refractivity contribution in [2.45, 2.75) is 2.69 Å². The van der Waals surface area contributed by atoms with Crippen molar-refractivity contribution in [2.75, 3.05) is 0 Å². The molecule has 0 amide bonds. The summed E-state index contributed by atoms with van der Waals surface area (Å²) < 4.78 is -0.852. The van der Waals surface area contributed by atoms with Gasteiger partial charge in [-0.3, -0.25) is 10.1 Å². The fourth-order valence-corrected chi connectivity index (χ4v) is 1.43. The van der Waals surface area contributed by atoms with Gasteiger partial charge in [-0.25, -0.2) is 0 Å². The molecule has 0 aromatic heterocycles. The quantitative estimate of drug-likeness (QED) is 0.471. The Hall–Kier alpha value is -0.130. The van der Waals surface area contributed by atoms with E-state index in [2.05, 4.69) is 31.9 Å². The molecule has 0 fully saturated rings. The maximum atomic E-state index is 10.3. The number of halogens is 3. The molecule has 0 aliphatic heterocycles. The van der Waals surface area contributed by atoms with Gasteiger partial charge in [0.05, 0.1) is 4.92 Å². The Morgan fingerprint density at radius 3 is 2.08 bits per heavy atom. The molecule has 1 aromatic carbocycles. The summed E-state index contributed by atoms with van der Waals surface area (Å²) in [6.07, 6.45) is 0. The van der Waals surface area contributed by atoms with E-state index in [0.717, 1.165) is 0 Å². The van der Waals surface area contributed by atoms with Crippen LogP contribution in [0.1, 0.15) is 5.56 Å². The van der Waals surface area contributed by atoms with Crippen molar-refractivity contribution in [1.82, 2.24) is 0 Å². The highest BCUT2D eigenvalue weighted by Gasteiger charge is 2.21. The lowest BCUT2D eigenvalue weighted by atomic mass is 10.2. The van der Waals surface area contributed by atoms with Gasteiger partial charge in [0.1, 0.15) is 0 Å². The summed E-state index contributed by atoms with van der Waals surface area (Å²) >= 11 is 12.2. The summed E-state index contributed by atoms with van der Waals surface area (Å²) in [5.74, 6) is 0. The highest BCUT2D eigenvalue weighted by atomic mass is 79.9. The topological polar surface area (TPSA) is 43.1 Å². The summed E-state index contributed by atoms with van der Waals surface area (Å²) in [5.41, 5.74) is 0.754. The lowest BCUT2D eigenvalue weighted by molar-refractivity contribution is -0.384. The first-order chi connectivity index (χ1) is 5.91. The van der Waals surface area contributed by atoms with Gasteiger partial charge in [-0.2, -0.15) is 0 Å². The van der Waals surface area contributed by atoms with Crippen LogP contribution in [-0.4, -0.2) is 4.92 Å². The van der Waals surface area contributed by atoms with Crippen molar-refractivity contribution in [3.63, 3.8) is 0 Å². The second kappa shape index (κ2) is 3.94. The van der Waals surface area contributed by atoms with E-state index in [-0.39, 0.29) is 5.69 Å². The number of alkyl halides is 3. The van der Waals surface area contributed by atoms with Crippen LogP contribution in [0.3, 0.4) is 0 Å². The van der Waals surface area contributed by atoms with E-state index in [1.165, 1.54) is 12.1 Å². The highest BCUT2D eigenvalue weighted by molar-refractivity contribution is 9.25. The largest absolute Gasteiger partial charge is 0.269 e. The Morgan fingerprint density at radius 1 is 1.31 bits per heavy atom. The van der Waals surface area contributed by atoms with Crippen LogP contribution in [0.5, 0.6) is 0 Å². The Balaban J connectivity index is 3.01. The van der Waals surface area contributed by atoms with Gasteiger partial charge in [0, 0.05) is 12.1 Å². The van der Waals surface area contributed by atoms with Crippen molar-refractivity contribution in [1.29, 1.82) is 0 Å². The van der Waals surface area contributed by atoms with Crippen LogP contribution in [0.2, 0.25) is 0 Å². The molecule has 0 atom stereocenters. The molecule has 0 aliphatic rings. The van der Waals surface area contributed by atoms with Crippen LogP contribution in [0.4, 0.5) is 5.69 Å². The van der Waals surface area contributed by atoms with Gasteiger partial charge in [0.25, 0.3) is 5.69 Å². The third-order valence-electron chi connectivity index (χ3n) is 1.41. The number of nitrogens with zero attached hydrogens (tertiary/aromatic N) is 1. The molecule has 3 nitrogen and oxygen atoms in total. The van der Waals surface area contributed by atoms with Crippen molar-refractivity contribution >= 4 is 49.1 Å². The maximum absolute atomic E-state index is 10.3. The lowest BCUT2D eigenvalue weighted by Crippen LogP contribution is -1.98. The molecule has 6 heteroatoms. The second-order valence-corrected chi connectivity index (χ2v) is 7.22. The zero-order valence-corrected chi connectivity index (χ0v) is 10.1. The molecule has 0 saturated heterocycles. The van der Waals surface area contributed by atoms with Crippen LogP contribution >= 0.6 is 43.5 Å². The van der Waals surface area contributed by atoms with E-state index in [4.69, 9.17) is 11.6 Å². The van der Waals surface area contributed by atoms with E-state index in [9.17, 15) is 10.1 Å². The molecule has 13 heavy (non-hydrogen) atoms. The number of non-ortho nitro benzene ring substituents is 1. The van der Waals surface area contributed by atoms with Crippen LogP contribution < -0.4 is 0 Å². The van der Waals surface area contributed by atoms with E-state index in [1.54, 1.807) is 12.1 Å². The Bertz CT molecular complexity index is 320. The van der Waals surface area contributed by atoms with Gasteiger partial charge in [-0.15, -0.1) is 0 Å². The van der Waals surface area contributed by atoms with Gasteiger partial charge in [0.2, 0.25) is 0 Å². The summed E-state index contributed by atoms with van der Waals surface area (Å²) in [6.45, 7) is 0. The Morgan fingerprint density at radius 2 is 1.77 bits per heavy atom. The number of rotatable bonds is 2. The molecule has 70 valence electrons. The van der Waals surface area contributed by atoms with Gasteiger partial charge in [-0.05, 0) is 49.6 Å². The van der Waals surface area contributed by atoms with E-state index < -0.39 is 7.62 Å². The molecular formula is C7H4Br2ClNO2. The summed E-state index contributed by atoms with van der Waals surface area (Å²) in [6, 6.07) is 5.95. The number of hydrogen-bond donors (Lipinski definition) is 0. The lowest BCUT2D eigenvalue weighted by Gasteiger charge is -2.10. The molecule has 0 heterocycles.